The van der Waals surface area contributed by atoms with Gasteiger partial charge in [0.05, 0.1) is 13.4 Å². The Morgan fingerprint density at radius 2 is 2.22 bits per heavy atom. The highest BCUT2D eigenvalue weighted by atomic mass is 16.5. The molecule has 1 saturated carbocycles. The van der Waals surface area contributed by atoms with Crippen LogP contribution < -0.4 is 5.32 Å². The number of furan rings is 1. The second-order valence-corrected chi connectivity index (χ2v) is 4.58. The van der Waals surface area contributed by atoms with E-state index in [0.717, 1.165) is 29.4 Å². The van der Waals surface area contributed by atoms with Crippen LogP contribution >= 0.6 is 0 Å². The Bertz CT molecular complexity index is 571. The van der Waals surface area contributed by atoms with Gasteiger partial charge in [-0.3, -0.25) is 5.32 Å². The summed E-state index contributed by atoms with van der Waals surface area (Å²) in [7, 11) is 1.41. The highest BCUT2D eigenvalue weighted by Gasteiger charge is 2.31. The predicted molar refractivity (Wildman–Crippen MR) is 67.1 cm³/mol. The molecule has 1 unspecified atom stereocenters. The van der Waals surface area contributed by atoms with Crippen molar-refractivity contribution >= 4 is 16.9 Å². The Kier molecular flexibility index (Phi) is 2.80. The lowest BCUT2D eigenvalue weighted by Gasteiger charge is -2.14. The molecular formula is C14H15NO3. The first-order valence-corrected chi connectivity index (χ1v) is 6.09. The zero-order chi connectivity index (χ0) is 12.5. The maximum absolute atomic E-state index is 11.9. The van der Waals surface area contributed by atoms with Crippen molar-refractivity contribution in [1.29, 1.82) is 0 Å². The van der Waals surface area contributed by atoms with E-state index in [4.69, 9.17) is 9.15 Å². The Hall–Kier alpha value is -1.81. The SMILES string of the molecule is COC(=O)C(NC1CC1)c1coc2ccccc12. The molecule has 94 valence electrons. The molecule has 1 aliphatic carbocycles. The van der Waals surface area contributed by atoms with Crippen LogP contribution in [0.25, 0.3) is 11.0 Å². The van der Waals surface area contributed by atoms with Crippen molar-refractivity contribution in [2.24, 2.45) is 0 Å². The molecule has 1 fully saturated rings. The van der Waals surface area contributed by atoms with Crippen LogP contribution in [0.4, 0.5) is 0 Å². The standard InChI is InChI=1S/C14H15NO3/c1-17-14(16)13(15-9-6-7-9)11-8-18-12-5-3-2-4-10(11)12/h2-5,8-9,13,15H,6-7H2,1H3. The van der Waals surface area contributed by atoms with E-state index in [-0.39, 0.29) is 5.97 Å². The fourth-order valence-electron chi connectivity index (χ4n) is 2.11. The molecule has 0 radical (unpaired) electrons. The largest absolute Gasteiger partial charge is 0.468 e. The Labute approximate surface area is 105 Å². The van der Waals surface area contributed by atoms with Gasteiger partial charge in [0.2, 0.25) is 0 Å². The van der Waals surface area contributed by atoms with Gasteiger partial charge in [-0.15, -0.1) is 0 Å². The van der Waals surface area contributed by atoms with Crippen molar-refractivity contribution in [3.8, 4) is 0 Å². The number of nitrogens with one attached hydrogen (secondary N) is 1. The summed E-state index contributed by atoms with van der Waals surface area (Å²) in [5.74, 6) is -0.270. The lowest BCUT2D eigenvalue weighted by molar-refractivity contribution is -0.143. The zero-order valence-electron chi connectivity index (χ0n) is 10.2. The van der Waals surface area contributed by atoms with E-state index in [2.05, 4.69) is 5.32 Å². The van der Waals surface area contributed by atoms with Crippen molar-refractivity contribution in [2.45, 2.75) is 24.9 Å². The fraction of sp³-hybridized carbons (Fsp3) is 0.357. The molecule has 0 bridgehead atoms. The lowest BCUT2D eigenvalue weighted by atomic mass is 10.1. The number of para-hydroxylation sites is 1. The van der Waals surface area contributed by atoms with Crippen LogP contribution in [0, 0.1) is 0 Å². The van der Waals surface area contributed by atoms with Crippen LogP contribution in [0.1, 0.15) is 24.4 Å². The first-order chi connectivity index (χ1) is 8.79. The van der Waals surface area contributed by atoms with E-state index in [1.165, 1.54) is 7.11 Å². The third kappa shape index (κ3) is 1.99. The smallest absolute Gasteiger partial charge is 0.327 e. The van der Waals surface area contributed by atoms with Gasteiger partial charge in [-0.05, 0) is 18.9 Å². The second kappa shape index (κ2) is 4.46. The summed E-state index contributed by atoms with van der Waals surface area (Å²) in [6.45, 7) is 0. The van der Waals surface area contributed by atoms with Crippen LogP contribution in [-0.2, 0) is 9.53 Å². The van der Waals surface area contributed by atoms with Crippen molar-refractivity contribution in [3.05, 3.63) is 36.1 Å². The molecule has 1 atom stereocenters. The number of hydrogen-bond donors (Lipinski definition) is 1. The van der Waals surface area contributed by atoms with Crippen LogP contribution in [0.15, 0.2) is 34.9 Å². The number of ether oxygens (including phenoxy) is 1. The minimum absolute atomic E-state index is 0.270. The third-order valence-electron chi connectivity index (χ3n) is 3.24. The summed E-state index contributed by atoms with van der Waals surface area (Å²) >= 11 is 0. The average Bonchev–Trinajstić information content (AvgIpc) is 3.13. The summed E-state index contributed by atoms with van der Waals surface area (Å²) < 4.78 is 10.3. The zero-order valence-corrected chi connectivity index (χ0v) is 10.2. The Morgan fingerprint density at radius 3 is 2.94 bits per heavy atom. The van der Waals surface area contributed by atoms with E-state index in [0.29, 0.717) is 6.04 Å². The molecule has 1 heterocycles. The highest BCUT2D eigenvalue weighted by Crippen LogP contribution is 2.30. The van der Waals surface area contributed by atoms with Gasteiger partial charge < -0.3 is 9.15 Å². The molecule has 1 N–H and O–H groups in total. The van der Waals surface area contributed by atoms with Gasteiger partial charge in [0.1, 0.15) is 11.6 Å². The molecule has 0 saturated heterocycles. The molecule has 18 heavy (non-hydrogen) atoms. The minimum Gasteiger partial charge on any atom is -0.468 e. The van der Waals surface area contributed by atoms with E-state index in [1.807, 2.05) is 24.3 Å². The Morgan fingerprint density at radius 1 is 1.44 bits per heavy atom. The molecule has 2 aromatic rings. The fourth-order valence-corrected chi connectivity index (χ4v) is 2.11. The second-order valence-electron chi connectivity index (χ2n) is 4.58. The van der Waals surface area contributed by atoms with Crippen molar-refractivity contribution in [2.75, 3.05) is 7.11 Å². The number of rotatable bonds is 4. The molecule has 3 rings (SSSR count). The van der Waals surface area contributed by atoms with Gasteiger partial charge >= 0.3 is 5.97 Å². The molecule has 0 spiro atoms. The van der Waals surface area contributed by atoms with E-state index < -0.39 is 6.04 Å². The number of esters is 1. The number of carbonyl (C=O) groups excluding carboxylic acids is 1. The monoisotopic (exact) mass is 245 g/mol. The summed E-state index contributed by atoms with van der Waals surface area (Å²) in [6.07, 6.45) is 3.87. The topological polar surface area (TPSA) is 51.5 Å². The van der Waals surface area contributed by atoms with Crippen molar-refractivity contribution in [3.63, 3.8) is 0 Å². The van der Waals surface area contributed by atoms with Crippen LogP contribution in [0.3, 0.4) is 0 Å². The molecule has 1 aliphatic rings. The van der Waals surface area contributed by atoms with E-state index >= 15 is 0 Å². The number of benzene rings is 1. The highest BCUT2D eigenvalue weighted by molar-refractivity contribution is 5.88. The van der Waals surface area contributed by atoms with Gasteiger partial charge in [-0.25, -0.2) is 4.79 Å². The molecule has 1 aromatic heterocycles. The number of fused-ring (bicyclic) bond motifs is 1. The van der Waals surface area contributed by atoms with Crippen LogP contribution in [0.5, 0.6) is 0 Å². The molecule has 4 heteroatoms. The molecular weight excluding hydrogens is 230 g/mol. The molecule has 0 amide bonds. The van der Waals surface area contributed by atoms with E-state index in [9.17, 15) is 4.79 Å². The summed E-state index contributed by atoms with van der Waals surface area (Å²) in [5.41, 5.74) is 1.64. The number of carbonyl (C=O) groups is 1. The molecule has 4 nitrogen and oxygen atoms in total. The number of methoxy groups -OCH3 is 1. The summed E-state index contributed by atoms with van der Waals surface area (Å²) in [5, 5.41) is 4.26. The van der Waals surface area contributed by atoms with Crippen LogP contribution in [-0.4, -0.2) is 19.1 Å². The predicted octanol–water partition coefficient (Wildman–Crippen LogP) is 2.40. The summed E-state index contributed by atoms with van der Waals surface area (Å²) in [4.78, 5) is 11.9. The minimum atomic E-state index is -0.439. The van der Waals surface area contributed by atoms with Gasteiger partial charge in [-0.2, -0.15) is 0 Å². The van der Waals surface area contributed by atoms with Gasteiger partial charge in [0.25, 0.3) is 0 Å². The van der Waals surface area contributed by atoms with E-state index in [1.54, 1.807) is 6.26 Å². The van der Waals surface area contributed by atoms with Crippen LogP contribution in [0.2, 0.25) is 0 Å². The first-order valence-electron chi connectivity index (χ1n) is 6.09. The average molecular weight is 245 g/mol. The summed E-state index contributed by atoms with van der Waals surface area (Å²) in [6, 6.07) is 7.68. The lowest BCUT2D eigenvalue weighted by Crippen LogP contribution is -2.31. The van der Waals surface area contributed by atoms with Gasteiger partial charge in [0.15, 0.2) is 0 Å². The maximum atomic E-state index is 11.9. The van der Waals surface area contributed by atoms with Gasteiger partial charge in [0, 0.05) is 17.0 Å². The first kappa shape index (κ1) is 11.3. The molecule has 0 aliphatic heterocycles. The quantitative estimate of drug-likeness (QED) is 0.840. The van der Waals surface area contributed by atoms with Gasteiger partial charge in [-0.1, -0.05) is 18.2 Å². The Balaban J connectivity index is 1.99. The van der Waals surface area contributed by atoms with Crippen molar-refractivity contribution in [1.82, 2.24) is 5.32 Å². The molecule has 1 aromatic carbocycles. The third-order valence-corrected chi connectivity index (χ3v) is 3.24. The van der Waals surface area contributed by atoms with Crippen molar-refractivity contribution < 1.29 is 13.9 Å². The maximum Gasteiger partial charge on any atom is 0.327 e. The number of hydrogen-bond acceptors (Lipinski definition) is 4. The normalized spacial score (nSPS) is 16.7.